The molecular weight excluding hydrogens is 259 g/mol. The summed E-state index contributed by atoms with van der Waals surface area (Å²) in [6, 6.07) is 8.58. The van der Waals surface area contributed by atoms with Crippen molar-refractivity contribution in [3.05, 3.63) is 57.0 Å². The van der Waals surface area contributed by atoms with E-state index in [-0.39, 0.29) is 5.82 Å². The van der Waals surface area contributed by atoms with Crippen molar-refractivity contribution < 1.29 is 4.39 Å². The summed E-state index contributed by atoms with van der Waals surface area (Å²) in [7, 11) is 0. The Morgan fingerprint density at radius 3 is 2.84 bits per heavy atom. The monoisotopic (exact) mass is 274 g/mol. The van der Waals surface area contributed by atoms with Crippen LogP contribution in [0.2, 0.25) is 0 Å². The van der Waals surface area contributed by atoms with Gasteiger partial charge in [0.05, 0.1) is 11.6 Å². The van der Waals surface area contributed by atoms with Crippen molar-refractivity contribution in [1.82, 2.24) is 5.32 Å². The van der Waals surface area contributed by atoms with Crippen LogP contribution in [0.5, 0.6) is 0 Å². The molecule has 0 amide bonds. The van der Waals surface area contributed by atoms with Gasteiger partial charge in [0.15, 0.2) is 0 Å². The van der Waals surface area contributed by atoms with Crippen molar-refractivity contribution in [3.63, 3.8) is 0 Å². The highest BCUT2D eigenvalue weighted by Gasteiger charge is 2.05. The van der Waals surface area contributed by atoms with Crippen LogP contribution in [0.4, 0.5) is 4.39 Å². The van der Waals surface area contributed by atoms with Gasteiger partial charge < -0.3 is 5.32 Å². The Hall–Kier alpha value is -1.70. The third-order valence-corrected chi connectivity index (χ3v) is 3.96. The molecule has 0 bridgehead atoms. The van der Waals surface area contributed by atoms with Crippen LogP contribution < -0.4 is 5.32 Å². The summed E-state index contributed by atoms with van der Waals surface area (Å²) in [5.74, 6) is -0.270. The molecule has 1 heterocycles. The van der Waals surface area contributed by atoms with Crippen LogP contribution in [0.15, 0.2) is 29.6 Å². The maximum Gasteiger partial charge on any atom is 0.127 e. The predicted octanol–water partition coefficient (Wildman–Crippen LogP) is 3.61. The number of hydrogen-bond acceptors (Lipinski definition) is 3. The van der Waals surface area contributed by atoms with Crippen molar-refractivity contribution in [3.8, 4) is 6.07 Å². The fourth-order valence-electron chi connectivity index (χ4n) is 1.93. The maximum atomic E-state index is 13.6. The third kappa shape index (κ3) is 3.40. The lowest BCUT2D eigenvalue weighted by Gasteiger charge is -2.06. The Morgan fingerprint density at radius 2 is 2.11 bits per heavy atom. The molecule has 0 saturated heterocycles. The molecule has 2 nitrogen and oxygen atoms in total. The smallest absolute Gasteiger partial charge is 0.127 e. The quantitative estimate of drug-likeness (QED) is 0.904. The van der Waals surface area contributed by atoms with Crippen molar-refractivity contribution >= 4 is 11.3 Å². The van der Waals surface area contributed by atoms with E-state index in [9.17, 15) is 4.39 Å². The fourth-order valence-corrected chi connectivity index (χ4v) is 2.87. The summed E-state index contributed by atoms with van der Waals surface area (Å²) in [6.07, 6.45) is 1.01. The molecule has 0 aliphatic rings. The topological polar surface area (TPSA) is 35.8 Å². The minimum Gasteiger partial charge on any atom is -0.308 e. The molecule has 0 spiro atoms. The molecule has 0 aliphatic heterocycles. The van der Waals surface area contributed by atoms with Gasteiger partial charge in [-0.2, -0.15) is 5.26 Å². The van der Waals surface area contributed by atoms with Crippen molar-refractivity contribution in [2.75, 3.05) is 0 Å². The normalized spacial score (nSPS) is 10.4. The van der Waals surface area contributed by atoms with Gasteiger partial charge in [-0.15, -0.1) is 11.3 Å². The number of nitriles is 1. The van der Waals surface area contributed by atoms with Gasteiger partial charge in [0, 0.05) is 23.5 Å². The van der Waals surface area contributed by atoms with Gasteiger partial charge in [0.25, 0.3) is 0 Å². The minimum absolute atomic E-state index is 0.270. The molecule has 2 rings (SSSR count). The number of aryl methyl sites for hydroxylation is 1. The average Bonchev–Trinajstić information content (AvgIpc) is 2.88. The van der Waals surface area contributed by atoms with Crippen LogP contribution in [0, 0.1) is 17.1 Å². The molecule has 1 N–H and O–H groups in total. The first-order valence-electron chi connectivity index (χ1n) is 6.19. The summed E-state index contributed by atoms with van der Waals surface area (Å²) in [5, 5.41) is 14.1. The van der Waals surface area contributed by atoms with E-state index >= 15 is 0 Å². The van der Waals surface area contributed by atoms with Crippen molar-refractivity contribution in [1.29, 1.82) is 5.26 Å². The number of benzene rings is 1. The number of nitrogens with one attached hydrogen (secondary N) is 1. The lowest BCUT2D eigenvalue weighted by molar-refractivity contribution is 0.588. The van der Waals surface area contributed by atoms with E-state index in [1.165, 1.54) is 22.6 Å². The van der Waals surface area contributed by atoms with Gasteiger partial charge in [-0.25, -0.2) is 4.39 Å². The first kappa shape index (κ1) is 13.7. The molecule has 2 aromatic rings. The second-order valence-corrected chi connectivity index (χ2v) is 5.24. The molecule has 0 atom stereocenters. The number of thiophene rings is 1. The highest BCUT2D eigenvalue weighted by atomic mass is 32.1. The molecule has 4 heteroatoms. The summed E-state index contributed by atoms with van der Waals surface area (Å²) >= 11 is 1.71. The number of hydrogen-bond donors (Lipinski definition) is 1. The minimum atomic E-state index is -0.270. The van der Waals surface area contributed by atoms with E-state index in [0.29, 0.717) is 17.7 Å². The first-order valence-corrected chi connectivity index (χ1v) is 7.07. The number of halogens is 1. The van der Waals surface area contributed by atoms with Crippen LogP contribution in [-0.4, -0.2) is 0 Å². The maximum absolute atomic E-state index is 13.6. The third-order valence-electron chi connectivity index (χ3n) is 2.99. The second kappa shape index (κ2) is 6.46. The molecule has 1 aromatic carbocycles. The van der Waals surface area contributed by atoms with Crippen molar-refractivity contribution in [2.45, 2.75) is 26.4 Å². The highest BCUT2D eigenvalue weighted by Crippen LogP contribution is 2.17. The van der Waals surface area contributed by atoms with Crippen molar-refractivity contribution in [2.24, 2.45) is 0 Å². The van der Waals surface area contributed by atoms with Gasteiger partial charge in [0.2, 0.25) is 0 Å². The van der Waals surface area contributed by atoms with Gasteiger partial charge in [0.1, 0.15) is 5.82 Å². The Balaban J connectivity index is 1.98. The van der Waals surface area contributed by atoms with E-state index in [4.69, 9.17) is 5.26 Å². The zero-order chi connectivity index (χ0) is 13.7. The van der Waals surface area contributed by atoms with Crippen LogP contribution in [0.1, 0.15) is 28.5 Å². The van der Waals surface area contributed by atoms with Gasteiger partial charge >= 0.3 is 0 Å². The van der Waals surface area contributed by atoms with E-state index in [0.717, 1.165) is 13.0 Å². The van der Waals surface area contributed by atoms with Crippen LogP contribution in [0.25, 0.3) is 0 Å². The van der Waals surface area contributed by atoms with E-state index in [2.05, 4.69) is 23.7 Å². The molecule has 0 fully saturated rings. The molecule has 19 heavy (non-hydrogen) atoms. The van der Waals surface area contributed by atoms with Gasteiger partial charge in [-0.3, -0.25) is 0 Å². The molecule has 0 saturated carbocycles. The molecule has 0 radical (unpaired) electrons. The zero-order valence-corrected chi connectivity index (χ0v) is 11.6. The molecular formula is C15H15FN2S. The number of rotatable bonds is 5. The number of nitrogens with zero attached hydrogens (tertiary/aromatic N) is 1. The highest BCUT2D eigenvalue weighted by molar-refractivity contribution is 7.10. The lowest BCUT2D eigenvalue weighted by atomic mass is 10.1. The predicted molar refractivity (Wildman–Crippen MR) is 75.4 cm³/mol. The van der Waals surface area contributed by atoms with E-state index < -0.39 is 0 Å². The summed E-state index contributed by atoms with van der Waals surface area (Å²) in [4.78, 5) is 1.29. The average molecular weight is 274 g/mol. The van der Waals surface area contributed by atoms with E-state index in [1.54, 1.807) is 17.4 Å². The molecule has 0 unspecified atom stereocenters. The summed E-state index contributed by atoms with van der Waals surface area (Å²) in [6.45, 7) is 3.29. The fraction of sp³-hybridized carbons (Fsp3) is 0.267. The largest absolute Gasteiger partial charge is 0.308 e. The summed E-state index contributed by atoms with van der Waals surface area (Å²) < 4.78 is 13.6. The van der Waals surface area contributed by atoms with Gasteiger partial charge in [-0.1, -0.05) is 6.92 Å². The second-order valence-electron chi connectivity index (χ2n) is 4.24. The van der Waals surface area contributed by atoms with Gasteiger partial charge in [-0.05, 0) is 41.6 Å². The molecule has 1 aromatic heterocycles. The Morgan fingerprint density at radius 1 is 1.26 bits per heavy atom. The van der Waals surface area contributed by atoms with Crippen LogP contribution in [-0.2, 0) is 19.5 Å². The first-order chi connectivity index (χ1) is 9.24. The van der Waals surface area contributed by atoms with Crippen LogP contribution >= 0.6 is 11.3 Å². The standard InChI is InChI=1S/C15H15FN2S/c1-2-12-5-6-19-15(12)10-18-9-13-7-11(8-17)3-4-14(13)16/h3-7,18H,2,9-10H2,1H3. The molecule has 0 aliphatic carbocycles. The zero-order valence-electron chi connectivity index (χ0n) is 10.7. The summed E-state index contributed by atoms with van der Waals surface area (Å²) in [5.41, 5.74) is 2.36. The SMILES string of the molecule is CCc1ccsc1CNCc1cc(C#N)ccc1F. The molecule has 98 valence electrons. The Kier molecular flexibility index (Phi) is 4.67. The Labute approximate surface area is 116 Å². The van der Waals surface area contributed by atoms with Crippen LogP contribution in [0.3, 0.4) is 0 Å². The van der Waals surface area contributed by atoms with E-state index in [1.807, 2.05) is 6.07 Å². The lowest BCUT2D eigenvalue weighted by Crippen LogP contribution is -2.14. The Bertz CT molecular complexity index is 598.